The standard InChI is InChI=1S/C23H33NO2/c1-4-6-7-14-24-17-20-11-9-13-23(20,16-21(24)5-2)19-10-8-12-22(15-19)26-18(3)25/h4,6,8,10,12,15,20-21H,5,7,9,11,13-14,16-17H2,1-3H3. The van der Waals surface area contributed by atoms with Gasteiger partial charge < -0.3 is 4.74 Å². The normalized spacial score (nSPS) is 29.0. The van der Waals surface area contributed by atoms with Crippen LogP contribution in [0.5, 0.6) is 5.75 Å². The molecule has 26 heavy (non-hydrogen) atoms. The van der Waals surface area contributed by atoms with Crippen LogP contribution in [-0.4, -0.2) is 30.0 Å². The SMILES string of the molecule is CC=CCCN1CC2CCCC2(c2cccc(OC(C)=O)c2)CC1CC. The third kappa shape index (κ3) is 3.88. The van der Waals surface area contributed by atoms with E-state index < -0.39 is 0 Å². The van der Waals surface area contributed by atoms with Crippen LogP contribution in [0, 0.1) is 5.92 Å². The molecule has 3 heteroatoms. The summed E-state index contributed by atoms with van der Waals surface area (Å²) in [7, 11) is 0. The molecule has 1 saturated carbocycles. The molecule has 0 bridgehead atoms. The van der Waals surface area contributed by atoms with E-state index in [2.05, 4.69) is 49.1 Å². The number of allylic oxidation sites excluding steroid dienone is 1. The summed E-state index contributed by atoms with van der Waals surface area (Å²) in [5, 5.41) is 0. The molecule has 142 valence electrons. The van der Waals surface area contributed by atoms with E-state index in [1.807, 2.05) is 6.07 Å². The Balaban J connectivity index is 1.85. The molecule has 1 aromatic rings. The van der Waals surface area contributed by atoms with E-state index in [0.717, 1.165) is 6.42 Å². The first-order valence-electron chi connectivity index (χ1n) is 10.2. The summed E-state index contributed by atoms with van der Waals surface area (Å²) in [6, 6.07) is 8.98. The summed E-state index contributed by atoms with van der Waals surface area (Å²) in [6.07, 6.45) is 11.9. The third-order valence-electron chi connectivity index (χ3n) is 6.49. The summed E-state index contributed by atoms with van der Waals surface area (Å²) < 4.78 is 5.37. The molecular weight excluding hydrogens is 322 g/mol. The molecule has 2 fully saturated rings. The van der Waals surface area contributed by atoms with Crippen LogP contribution >= 0.6 is 0 Å². The molecule has 0 N–H and O–H groups in total. The molecule has 3 atom stereocenters. The molecule has 3 unspecified atom stereocenters. The lowest BCUT2D eigenvalue weighted by atomic mass is 9.65. The highest BCUT2D eigenvalue weighted by molar-refractivity contribution is 5.69. The minimum atomic E-state index is -0.243. The van der Waals surface area contributed by atoms with Crippen LogP contribution in [0.15, 0.2) is 36.4 Å². The van der Waals surface area contributed by atoms with Gasteiger partial charge in [-0.05, 0) is 62.6 Å². The predicted octanol–water partition coefficient (Wildman–Crippen LogP) is 5.10. The van der Waals surface area contributed by atoms with E-state index in [1.165, 1.54) is 57.7 Å². The first-order valence-corrected chi connectivity index (χ1v) is 10.2. The predicted molar refractivity (Wildman–Crippen MR) is 106 cm³/mol. The number of hydrogen-bond donors (Lipinski definition) is 0. The van der Waals surface area contributed by atoms with Crippen molar-refractivity contribution in [2.45, 2.75) is 70.8 Å². The average Bonchev–Trinajstić information content (AvgIpc) is 3.05. The molecule has 0 aromatic heterocycles. The maximum Gasteiger partial charge on any atom is 0.308 e. The molecule has 3 rings (SSSR count). The first-order chi connectivity index (χ1) is 12.6. The van der Waals surface area contributed by atoms with Gasteiger partial charge in [-0.15, -0.1) is 0 Å². The molecule has 0 amide bonds. The molecule has 1 heterocycles. The van der Waals surface area contributed by atoms with E-state index in [9.17, 15) is 4.79 Å². The van der Waals surface area contributed by atoms with Gasteiger partial charge in [0.2, 0.25) is 0 Å². The van der Waals surface area contributed by atoms with E-state index in [0.29, 0.717) is 17.7 Å². The lowest BCUT2D eigenvalue weighted by Gasteiger charge is -2.49. The zero-order valence-electron chi connectivity index (χ0n) is 16.5. The maximum absolute atomic E-state index is 11.4. The Hall–Kier alpha value is -1.61. The van der Waals surface area contributed by atoms with Gasteiger partial charge in [0.05, 0.1) is 0 Å². The van der Waals surface area contributed by atoms with Gasteiger partial charge in [-0.1, -0.05) is 37.6 Å². The Morgan fingerprint density at radius 2 is 2.27 bits per heavy atom. The summed E-state index contributed by atoms with van der Waals surface area (Å²) >= 11 is 0. The number of likely N-dealkylation sites (tertiary alicyclic amines) is 1. The minimum absolute atomic E-state index is 0.243. The van der Waals surface area contributed by atoms with E-state index in [1.54, 1.807) is 0 Å². The molecule has 1 aromatic carbocycles. The molecule has 1 saturated heterocycles. The Kier molecular flexibility index (Phi) is 6.18. The van der Waals surface area contributed by atoms with Crippen LogP contribution in [-0.2, 0) is 10.2 Å². The third-order valence-corrected chi connectivity index (χ3v) is 6.49. The molecule has 1 aliphatic carbocycles. The highest BCUT2D eigenvalue weighted by Gasteiger charge is 2.49. The number of nitrogens with zero attached hydrogens (tertiary/aromatic N) is 1. The molecule has 0 spiro atoms. The smallest absolute Gasteiger partial charge is 0.308 e. The monoisotopic (exact) mass is 355 g/mol. The van der Waals surface area contributed by atoms with Crippen molar-refractivity contribution in [3.63, 3.8) is 0 Å². The largest absolute Gasteiger partial charge is 0.427 e. The fraction of sp³-hybridized carbons (Fsp3) is 0.609. The summed E-state index contributed by atoms with van der Waals surface area (Å²) in [6.45, 7) is 8.27. The summed E-state index contributed by atoms with van der Waals surface area (Å²) in [5.74, 6) is 1.16. The number of esters is 1. The van der Waals surface area contributed by atoms with Crippen molar-refractivity contribution in [3.8, 4) is 5.75 Å². The van der Waals surface area contributed by atoms with Crippen molar-refractivity contribution in [2.75, 3.05) is 13.1 Å². The zero-order chi connectivity index (χ0) is 18.6. The number of fused-ring (bicyclic) bond motifs is 1. The molecule has 2 aliphatic rings. The highest BCUT2D eigenvalue weighted by atomic mass is 16.5. The number of ether oxygens (including phenoxy) is 1. The van der Waals surface area contributed by atoms with Gasteiger partial charge in [0.1, 0.15) is 5.75 Å². The molecule has 3 nitrogen and oxygen atoms in total. The van der Waals surface area contributed by atoms with Crippen molar-refractivity contribution in [1.82, 2.24) is 4.90 Å². The second-order valence-corrected chi connectivity index (χ2v) is 7.99. The number of piperidine rings is 1. The van der Waals surface area contributed by atoms with Gasteiger partial charge >= 0.3 is 5.97 Å². The van der Waals surface area contributed by atoms with Gasteiger partial charge in [-0.2, -0.15) is 0 Å². The van der Waals surface area contributed by atoms with Crippen LogP contribution in [0.1, 0.15) is 64.9 Å². The fourth-order valence-corrected chi connectivity index (χ4v) is 5.28. The Morgan fingerprint density at radius 1 is 1.42 bits per heavy atom. The van der Waals surface area contributed by atoms with Crippen molar-refractivity contribution >= 4 is 5.97 Å². The second kappa shape index (κ2) is 8.39. The zero-order valence-corrected chi connectivity index (χ0v) is 16.5. The fourth-order valence-electron chi connectivity index (χ4n) is 5.28. The topological polar surface area (TPSA) is 29.5 Å². The number of benzene rings is 1. The Labute approximate surface area is 158 Å². The molecular formula is C23H33NO2. The highest BCUT2D eigenvalue weighted by Crippen LogP contribution is 2.53. The van der Waals surface area contributed by atoms with Gasteiger partial charge in [0.15, 0.2) is 0 Å². The average molecular weight is 356 g/mol. The van der Waals surface area contributed by atoms with Crippen molar-refractivity contribution < 1.29 is 9.53 Å². The van der Waals surface area contributed by atoms with Gasteiger partial charge in [0.25, 0.3) is 0 Å². The van der Waals surface area contributed by atoms with Crippen molar-refractivity contribution in [3.05, 3.63) is 42.0 Å². The van der Waals surface area contributed by atoms with Crippen LogP contribution in [0.3, 0.4) is 0 Å². The molecule has 1 aliphatic heterocycles. The van der Waals surface area contributed by atoms with Gasteiger partial charge in [-0.3, -0.25) is 9.69 Å². The summed E-state index contributed by atoms with van der Waals surface area (Å²) in [5.41, 5.74) is 1.64. The van der Waals surface area contributed by atoms with Crippen LogP contribution in [0.2, 0.25) is 0 Å². The molecule has 0 radical (unpaired) electrons. The number of hydrogen-bond acceptors (Lipinski definition) is 3. The quantitative estimate of drug-likeness (QED) is 0.404. The first kappa shape index (κ1) is 19.2. The summed E-state index contributed by atoms with van der Waals surface area (Å²) in [4.78, 5) is 14.1. The van der Waals surface area contributed by atoms with Gasteiger partial charge in [0, 0.05) is 31.5 Å². The lowest BCUT2D eigenvalue weighted by molar-refractivity contribution is -0.131. The Morgan fingerprint density at radius 3 is 3.00 bits per heavy atom. The van der Waals surface area contributed by atoms with E-state index in [4.69, 9.17) is 4.74 Å². The maximum atomic E-state index is 11.4. The van der Waals surface area contributed by atoms with Crippen LogP contribution in [0.4, 0.5) is 0 Å². The van der Waals surface area contributed by atoms with Gasteiger partial charge in [-0.25, -0.2) is 0 Å². The number of rotatable bonds is 6. The number of carbonyl (C=O) groups is 1. The number of carbonyl (C=O) groups excluding carboxylic acids is 1. The van der Waals surface area contributed by atoms with E-state index in [-0.39, 0.29) is 11.4 Å². The van der Waals surface area contributed by atoms with Crippen LogP contribution in [0.25, 0.3) is 0 Å². The van der Waals surface area contributed by atoms with E-state index >= 15 is 0 Å². The van der Waals surface area contributed by atoms with Crippen molar-refractivity contribution in [1.29, 1.82) is 0 Å². The second-order valence-electron chi connectivity index (χ2n) is 7.99. The minimum Gasteiger partial charge on any atom is -0.427 e. The van der Waals surface area contributed by atoms with Crippen LogP contribution < -0.4 is 4.74 Å². The van der Waals surface area contributed by atoms with Crippen molar-refractivity contribution in [2.24, 2.45) is 5.92 Å². The lowest BCUT2D eigenvalue weighted by Crippen LogP contribution is -2.52. The Bertz CT molecular complexity index is 653.